The van der Waals surface area contributed by atoms with E-state index in [1.165, 1.54) is 14.8 Å². The number of hydrogen-bond acceptors (Lipinski definition) is 5. The maximum atomic E-state index is 6.50. The van der Waals surface area contributed by atoms with E-state index in [4.69, 9.17) is 13.8 Å². The molecular formula is C43H26N2O2S. The van der Waals surface area contributed by atoms with Crippen LogP contribution in [0.5, 0.6) is 0 Å². The number of aromatic nitrogens is 1. The lowest BCUT2D eigenvalue weighted by atomic mass is 10.0. The highest BCUT2D eigenvalue weighted by Gasteiger charge is 2.22. The Balaban J connectivity index is 1.16. The number of benzene rings is 7. The van der Waals surface area contributed by atoms with Crippen LogP contribution in [0.1, 0.15) is 0 Å². The molecule has 0 amide bonds. The first-order chi connectivity index (χ1) is 23.8. The number of fused-ring (bicyclic) bond motifs is 8. The van der Waals surface area contributed by atoms with Gasteiger partial charge >= 0.3 is 0 Å². The van der Waals surface area contributed by atoms with Crippen molar-refractivity contribution in [2.24, 2.45) is 0 Å². The first-order valence-electron chi connectivity index (χ1n) is 16.0. The van der Waals surface area contributed by atoms with E-state index in [1.54, 1.807) is 11.3 Å². The molecule has 7 aromatic carbocycles. The number of para-hydroxylation sites is 3. The van der Waals surface area contributed by atoms with Crippen molar-refractivity contribution >= 4 is 81.6 Å². The smallest absolute Gasteiger partial charge is 0.227 e. The highest BCUT2D eigenvalue weighted by Crippen LogP contribution is 2.46. The van der Waals surface area contributed by atoms with E-state index in [0.717, 1.165) is 72.2 Å². The first kappa shape index (κ1) is 27.0. The van der Waals surface area contributed by atoms with Gasteiger partial charge < -0.3 is 13.7 Å². The van der Waals surface area contributed by atoms with E-state index in [0.29, 0.717) is 5.89 Å². The van der Waals surface area contributed by atoms with Crippen LogP contribution >= 0.6 is 11.3 Å². The molecule has 0 aliphatic carbocycles. The molecule has 226 valence electrons. The third-order valence-corrected chi connectivity index (χ3v) is 10.3. The van der Waals surface area contributed by atoms with Gasteiger partial charge in [-0.2, -0.15) is 0 Å². The summed E-state index contributed by atoms with van der Waals surface area (Å²) >= 11 is 1.81. The monoisotopic (exact) mass is 634 g/mol. The van der Waals surface area contributed by atoms with Gasteiger partial charge in [0, 0.05) is 53.4 Å². The van der Waals surface area contributed by atoms with Crippen LogP contribution < -0.4 is 4.90 Å². The fraction of sp³-hybridized carbons (Fsp3) is 0. The van der Waals surface area contributed by atoms with Crippen molar-refractivity contribution in [3.63, 3.8) is 0 Å². The van der Waals surface area contributed by atoms with Gasteiger partial charge in [-0.15, -0.1) is 11.3 Å². The molecule has 0 saturated heterocycles. The van der Waals surface area contributed by atoms with Gasteiger partial charge in [-0.05, 0) is 66.2 Å². The van der Waals surface area contributed by atoms with Crippen LogP contribution in [0, 0.1) is 0 Å². The van der Waals surface area contributed by atoms with Crippen molar-refractivity contribution in [3.05, 3.63) is 158 Å². The van der Waals surface area contributed by atoms with Crippen molar-refractivity contribution < 1.29 is 8.83 Å². The number of oxazole rings is 1. The molecule has 0 aliphatic heterocycles. The number of rotatable bonds is 5. The molecule has 0 N–H and O–H groups in total. The van der Waals surface area contributed by atoms with Gasteiger partial charge in [0.1, 0.15) is 11.1 Å². The second-order valence-corrected chi connectivity index (χ2v) is 13.0. The number of hydrogen-bond donors (Lipinski definition) is 0. The molecule has 0 radical (unpaired) electrons. The highest BCUT2D eigenvalue weighted by molar-refractivity contribution is 7.26. The predicted octanol–water partition coefficient (Wildman–Crippen LogP) is 12.9. The number of nitrogens with zero attached hydrogens (tertiary/aromatic N) is 2. The minimum absolute atomic E-state index is 0.632. The van der Waals surface area contributed by atoms with Crippen LogP contribution in [0.15, 0.2) is 167 Å². The highest BCUT2D eigenvalue weighted by atomic mass is 32.1. The Hall–Kier alpha value is -6.17. The van der Waals surface area contributed by atoms with Gasteiger partial charge in [0.2, 0.25) is 5.89 Å². The first-order valence-corrected chi connectivity index (χ1v) is 16.8. The number of anilines is 3. The third kappa shape index (κ3) is 4.18. The Bertz CT molecular complexity index is 2780. The Morgan fingerprint density at radius 3 is 2.04 bits per heavy atom. The van der Waals surface area contributed by atoms with Crippen LogP contribution in [0.25, 0.3) is 75.8 Å². The number of furan rings is 1. The van der Waals surface area contributed by atoms with Gasteiger partial charge in [0.15, 0.2) is 11.2 Å². The Labute approximate surface area is 279 Å². The quantitative estimate of drug-likeness (QED) is 0.189. The summed E-state index contributed by atoms with van der Waals surface area (Å²) in [4.78, 5) is 7.31. The van der Waals surface area contributed by atoms with Crippen LogP contribution in [0.4, 0.5) is 17.1 Å². The summed E-state index contributed by atoms with van der Waals surface area (Å²) in [6.45, 7) is 0. The van der Waals surface area contributed by atoms with Crippen molar-refractivity contribution in [2.45, 2.75) is 0 Å². The molecule has 10 aromatic rings. The van der Waals surface area contributed by atoms with E-state index < -0.39 is 0 Å². The second-order valence-electron chi connectivity index (χ2n) is 11.9. The van der Waals surface area contributed by atoms with E-state index >= 15 is 0 Å². The molecule has 3 aromatic heterocycles. The van der Waals surface area contributed by atoms with Crippen molar-refractivity contribution in [2.75, 3.05) is 4.90 Å². The normalized spacial score (nSPS) is 11.8. The lowest BCUT2D eigenvalue weighted by molar-refractivity contribution is 0.620. The summed E-state index contributed by atoms with van der Waals surface area (Å²) in [6.07, 6.45) is 0. The lowest BCUT2D eigenvalue weighted by Crippen LogP contribution is -2.10. The van der Waals surface area contributed by atoms with Gasteiger partial charge in [0.05, 0.1) is 5.69 Å². The molecule has 0 bridgehead atoms. The maximum absolute atomic E-state index is 6.50. The van der Waals surface area contributed by atoms with E-state index in [9.17, 15) is 0 Å². The molecule has 0 saturated carbocycles. The molecule has 0 spiro atoms. The van der Waals surface area contributed by atoms with Crippen molar-refractivity contribution in [1.29, 1.82) is 0 Å². The Morgan fingerprint density at radius 1 is 0.521 bits per heavy atom. The third-order valence-electron chi connectivity index (χ3n) is 9.10. The van der Waals surface area contributed by atoms with E-state index in [-0.39, 0.29) is 0 Å². The summed E-state index contributed by atoms with van der Waals surface area (Å²) < 4.78 is 15.4. The zero-order valence-electron chi connectivity index (χ0n) is 25.6. The van der Waals surface area contributed by atoms with Crippen LogP contribution in [0.3, 0.4) is 0 Å². The summed E-state index contributed by atoms with van der Waals surface area (Å²) in [7, 11) is 0. The second kappa shape index (κ2) is 10.7. The van der Waals surface area contributed by atoms with Crippen LogP contribution in [-0.4, -0.2) is 4.98 Å². The topological polar surface area (TPSA) is 42.4 Å². The molecule has 0 atom stereocenters. The van der Waals surface area contributed by atoms with Crippen molar-refractivity contribution in [3.8, 4) is 22.6 Å². The SMILES string of the molecule is c1ccc(-c2nc3c(cc(-c4ccc(N(c5ccccc5)c5cccc6c5oc5ccccc56)cc4)c4sc5ccccc5c43)o2)cc1. The molecule has 0 aliphatic rings. The summed E-state index contributed by atoms with van der Waals surface area (Å²) in [5.74, 6) is 0.632. The predicted molar refractivity (Wildman–Crippen MR) is 200 cm³/mol. The molecule has 0 unspecified atom stereocenters. The average molecular weight is 635 g/mol. The van der Waals surface area contributed by atoms with Crippen molar-refractivity contribution in [1.82, 2.24) is 4.98 Å². The van der Waals surface area contributed by atoms with Gasteiger partial charge in [0.25, 0.3) is 0 Å². The average Bonchev–Trinajstić information content (AvgIpc) is 3.86. The molecule has 10 rings (SSSR count). The fourth-order valence-corrected chi connectivity index (χ4v) is 8.14. The minimum Gasteiger partial charge on any atom is -0.454 e. The van der Waals surface area contributed by atoms with E-state index in [1.807, 2.05) is 48.5 Å². The Morgan fingerprint density at radius 2 is 1.21 bits per heavy atom. The summed E-state index contributed by atoms with van der Waals surface area (Å²) in [5.41, 5.74) is 9.73. The lowest BCUT2D eigenvalue weighted by Gasteiger charge is -2.25. The minimum atomic E-state index is 0.632. The summed E-state index contributed by atoms with van der Waals surface area (Å²) in [6, 6.07) is 54.7. The molecule has 3 heterocycles. The van der Waals surface area contributed by atoms with Crippen LogP contribution in [0.2, 0.25) is 0 Å². The van der Waals surface area contributed by atoms with E-state index in [2.05, 4.69) is 114 Å². The molecule has 5 heteroatoms. The number of thiophene rings is 1. The zero-order chi connectivity index (χ0) is 31.6. The molecule has 48 heavy (non-hydrogen) atoms. The maximum Gasteiger partial charge on any atom is 0.227 e. The largest absolute Gasteiger partial charge is 0.454 e. The molecular weight excluding hydrogens is 609 g/mol. The fourth-order valence-electron chi connectivity index (χ4n) is 6.90. The zero-order valence-corrected chi connectivity index (χ0v) is 26.4. The molecule has 4 nitrogen and oxygen atoms in total. The van der Waals surface area contributed by atoms with Crippen LogP contribution in [-0.2, 0) is 0 Å². The summed E-state index contributed by atoms with van der Waals surface area (Å²) in [5, 5.41) is 4.55. The van der Waals surface area contributed by atoms with Gasteiger partial charge in [-0.1, -0.05) is 97.1 Å². The van der Waals surface area contributed by atoms with Gasteiger partial charge in [-0.3, -0.25) is 0 Å². The van der Waals surface area contributed by atoms with Gasteiger partial charge in [-0.25, -0.2) is 4.98 Å². The molecule has 0 fully saturated rings. The Kier molecular flexibility index (Phi) is 6.01. The standard InChI is InChI=1S/C43H26N2O2S/c1-3-12-28(13-4-1)43-44-40-37(47-43)26-34(42-39(40)33-17-8-10-21-38(33)48-42)27-22-24-30(25-23-27)45(29-14-5-2-6-15-29)35-19-11-18-32-31-16-7-9-20-36(31)46-41(32)35/h1-26H.